The summed E-state index contributed by atoms with van der Waals surface area (Å²) in [5, 5.41) is 8.45. The molecule has 100 valence electrons. The minimum Gasteiger partial charge on any atom is -0.481 e. The Labute approximate surface area is 107 Å². The number of nitrogens with one attached hydrogen (secondary N) is 1. The average molecular weight is 271 g/mol. The van der Waals surface area contributed by atoms with Crippen LogP contribution in [0.15, 0.2) is 18.2 Å². The topological polar surface area (TPSA) is 83.5 Å². The molecule has 0 radical (unpaired) electrons. The molecule has 2 N–H and O–H groups in total. The molecule has 0 aromatic heterocycles. The van der Waals surface area contributed by atoms with Crippen LogP contribution in [0.4, 0.5) is 5.69 Å². The van der Waals surface area contributed by atoms with Crippen molar-refractivity contribution >= 4 is 21.7 Å². The highest BCUT2D eigenvalue weighted by atomic mass is 32.2. The van der Waals surface area contributed by atoms with E-state index in [2.05, 4.69) is 4.72 Å². The summed E-state index contributed by atoms with van der Waals surface area (Å²) in [7, 11) is -3.47. The van der Waals surface area contributed by atoms with Crippen LogP contribution in [0.3, 0.4) is 0 Å². The van der Waals surface area contributed by atoms with Gasteiger partial charge in [0.25, 0.3) is 0 Å². The average Bonchev–Trinajstić information content (AvgIpc) is 2.22. The largest absolute Gasteiger partial charge is 0.481 e. The molecule has 0 aliphatic rings. The van der Waals surface area contributed by atoms with Crippen LogP contribution in [0.25, 0.3) is 0 Å². The second kappa shape index (κ2) is 5.86. The Hall–Kier alpha value is -1.56. The quantitative estimate of drug-likeness (QED) is 0.827. The van der Waals surface area contributed by atoms with E-state index in [1.807, 2.05) is 19.9 Å². The van der Waals surface area contributed by atoms with Gasteiger partial charge in [0, 0.05) is 12.1 Å². The molecule has 0 atom stereocenters. The number of sulfonamides is 1. The van der Waals surface area contributed by atoms with Gasteiger partial charge < -0.3 is 5.11 Å². The van der Waals surface area contributed by atoms with Crippen LogP contribution in [0.2, 0.25) is 0 Å². The first kappa shape index (κ1) is 14.5. The van der Waals surface area contributed by atoms with Crippen LogP contribution >= 0.6 is 0 Å². The molecule has 0 amide bonds. The Kier molecular flexibility index (Phi) is 4.72. The molecule has 1 rings (SSSR count). The maximum atomic E-state index is 11.7. The number of carbonyl (C=O) groups is 1. The van der Waals surface area contributed by atoms with E-state index in [0.717, 1.165) is 11.1 Å². The predicted octanol–water partition coefficient (Wildman–Crippen LogP) is 1.91. The molecule has 0 spiro atoms. The summed E-state index contributed by atoms with van der Waals surface area (Å²) in [5.74, 6) is -1.18. The molecule has 0 saturated heterocycles. The zero-order valence-corrected chi connectivity index (χ0v) is 11.3. The van der Waals surface area contributed by atoms with Crippen molar-refractivity contribution in [1.29, 1.82) is 0 Å². The summed E-state index contributed by atoms with van der Waals surface area (Å²) in [5.41, 5.74) is 2.60. The molecule has 0 aliphatic carbocycles. The van der Waals surface area contributed by atoms with E-state index in [9.17, 15) is 13.2 Å². The fourth-order valence-corrected chi connectivity index (χ4v) is 2.56. The van der Waals surface area contributed by atoms with Crippen molar-refractivity contribution in [1.82, 2.24) is 0 Å². The lowest BCUT2D eigenvalue weighted by Crippen LogP contribution is -2.17. The third kappa shape index (κ3) is 4.75. The molecule has 0 fully saturated rings. The number of carboxylic acid groups (broad SMARTS) is 1. The first-order valence-corrected chi connectivity index (χ1v) is 7.25. The summed E-state index contributed by atoms with van der Waals surface area (Å²) in [6.07, 6.45) is -0.0383. The smallest absolute Gasteiger partial charge is 0.303 e. The van der Waals surface area contributed by atoms with Crippen molar-refractivity contribution in [2.24, 2.45) is 0 Å². The number of aryl methyl sites for hydroxylation is 2. The number of anilines is 1. The number of benzene rings is 1. The highest BCUT2D eigenvalue weighted by Gasteiger charge is 2.11. The number of hydrogen-bond acceptors (Lipinski definition) is 3. The van der Waals surface area contributed by atoms with Gasteiger partial charge in [0.05, 0.1) is 5.75 Å². The highest BCUT2D eigenvalue weighted by molar-refractivity contribution is 7.92. The Morgan fingerprint density at radius 2 is 1.94 bits per heavy atom. The van der Waals surface area contributed by atoms with E-state index in [-0.39, 0.29) is 18.6 Å². The summed E-state index contributed by atoms with van der Waals surface area (Å²) in [6, 6.07) is 5.28. The number of aliphatic carboxylic acids is 1. The second-order valence-corrected chi connectivity index (χ2v) is 6.06. The van der Waals surface area contributed by atoms with Gasteiger partial charge in [0.15, 0.2) is 0 Å². The Bertz CT molecular complexity index is 537. The van der Waals surface area contributed by atoms with E-state index in [1.165, 1.54) is 0 Å². The van der Waals surface area contributed by atoms with Gasteiger partial charge in [-0.2, -0.15) is 0 Å². The van der Waals surface area contributed by atoms with Gasteiger partial charge in [-0.3, -0.25) is 9.52 Å². The van der Waals surface area contributed by atoms with Gasteiger partial charge in [-0.25, -0.2) is 8.42 Å². The molecule has 6 heteroatoms. The SMILES string of the molecule is Cc1ccc(NS(=O)(=O)CCCC(=O)O)cc1C. The van der Waals surface area contributed by atoms with Crippen molar-refractivity contribution in [3.05, 3.63) is 29.3 Å². The molecule has 0 bridgehead atoms. The molecule has 0 unspecified atom stereocenters. The molecule has 1 aromatic rings. The van der Waals surface area contributed by atoms with Crippen LogP contribution in [0.5, 0.6) is 0 Å². The fourth-order valence-electron chi connectivity index (χ4n) is 1.45. The molecule has 0 aliphatic heterocycles. The number of hydrogen-bond donors (Lipinski definition) is 2. The summed E-state index contributed by atoms with van der Waals surface area (Å²) in [4.78, 5) is 10.3. The molecule has 1 aromatic carbocycles. The third-order valence-corrected chi connectivity index (χ3v) is 3.96. The van der Waals surface area contributed by atoms with Gasteiger partial charge >= 0.3 is 5.97 Å². The Morgan fingerprint density at radius 3 is 2.50 bits per heavy atom. The molecular formula is C12H17NO4S. The van der Waals surface area contributed by atoms with Crippen LogP contribution in [-0.4, -0.2) is 25.2 Å². The normalized spacial score (nSPS) is 11.2. The summed E-state index contributed by atoms with van der Waals surface area (Å²) < 4.78 is 25.8. The summed E-state index contributed by atoms with van der Waals surface area (Å²) in [6.45, 7) is 3.85. The van der Waals surface area contributed by atoms with Gasteiger partial charge in [-0.15, -0.1) is 0 Å². The molecular weight excluding hydrogens is 254 g/mol. The first-order chi connectivity index (χ1) is 8.30. The minimum atomic E-state index is -3.47. The monoisotopic (exact) mass is 271 g/mol. The third-order valence-electron chi connectivity index (χ3n) is 2.58. The lowest BCUT2D eigenvalue weighted by Gasteiger charge is -2.09. The van der Waals surface area contributed by atoms with Gasteiger partial charge in [-0.05, 0) is 43.5 Å². The van der Waals surface area contributed by atoms with Crippen molar-refractivity contribution in [2.45, 2.75) is 26.7 Å². The molecule has 5 nitrogen and oxygen atoms in total. The van der Waals surface area contributed by atoms with E-state index in [4.69, 9.17) is 5.11 Å². The zero-order chi connectivity index (χ0) is 13.8. The van der Waals surface area contributed by atoms with E-state index < -0.39 is 16.0 Å². The number of carboxylic acids is 1. The van der Waals surface area contributed by atoms with Gasteiger partial charge in [0.1, 0.15) is 0 Å². The van der Waals surface area contributed by atoms with Crippen molar-refractivity contribution in [3.8, 4) is 0 Å². The maximum absolute atomic E-state index is 11.7. The van der Waals surface area contributed by atoms with Gasteiger partial charge in [0.2, 0.25) is 10.0 Å². The first-order valence-electron chi connectivity index (χ1n) is 5.60. The van der Waals surface area contributed by atoms with Crippen LogP contribution in [-0.2, 0) is 14.8 Å². The van der Waals surface area contributed by atoms with Crippen molar-refractivity contribution in [3.63, 3.8) is 0 Å². The Balaban J connectivity index is 2.64. The minimum absolute atomic E-state index is 0.107. The number of rotatable bonds is 6. The lowest BCUT2D eigenvalue weighted by atomic mass is 10.1. The standard InChI is InChI=1S/C12H17NO4S/c1-9-5-6-11(8-10(9)2)13-18(16,17)7-3-4-12(14)15/h5-6,8,13H,3-4,7H2,1-2H3,(H,14,15). The van der Waals surface area contributed by atoms with Crippen molar-refractivity contribution in [2.75, 3.05) is 10.5 Å². The predicted molar refractivity (Wildman–Crippen MR) is 70.2 cm³/mol. The molecule has 18 heavy (non-hydrogen) atoms. The second-order valence-electron chi connectivity index (χ2n) is 4.22. The van der Waals surface area contributed by atoms with Crippen LogP contribution < -0.4 is 4.72 Å². The highest BCUT2D eigenvalue weighted by Crippen LogP contribution is 2.15. The zero-order valence-electron chi connectivity index (χ0n) is 10.4. The molecule has 0 saturated carbocycles. The molecule has 0 heterocycles. The maximum Gasteiger partial charge on any atom is 0.303 e. The Morgan fingerprint density at radius 1 is 1.28 bits per heavy atom. The summed E-state index contributed by atoms with van der Waals surface area (Å²) >= 11 is 0. The van der Waals surface area contributed by atoms with E-state index in [0.29, 0.717) is 5.69 Å². The van der Waals surface area contributed by atoms with Crippen LogP contribution in [0.1, 0.15) is 24.0 Å². The van der Waals surface area contributed by atoms with Crippen molar-refractivity contribution < 1.29 is 18.3 Å². The van der Waals surface area contributed by atoms with Crippen LogP contribution in [0, 0.1) is 13.8 Å². The fraction of sp³-hybridized carbons (Fsp3) is 0.417. The van der Waals surface area contributed by atoms with E-state index in [1.54, 1.807) is 12.1 Å². The lowest BCUT2D eigenvalue weighted by molar-refractivity contribution is -0.137. The van der Waals surface area contributed by atoms with E-state index >= 15 is 0 Å². The van der Waals surface area contributed by atoms with Gasteiger partial charge in [-0.1, -0.05) is 6.07 Å².